The van der Waals surface area contributed by atoms with Crippen LogP contribution in [-0.2, 0) is 6.54 Å². The van der Waals surface area contributed by atoms with Crippen LogP contribution in [-0.4, -0.2) is 36.7 Å². The number of aromatic nitrogens is 5. The topological polar surface area (TPSA) is 96.7 Å². The lowest BCUT2D eigenvalue weighted by Crippen LogP contribution is -2.19. The molecule has 1 fully saturated rings. The Hall–Kier alpha value is -1.76. The maximum Gasteiger partial charge on any atom is 0.280 e. The molecule has 1 saturated carbocycles. The molecule has 0 aliphatic heterocycles. The summed E-state index contributed by atoms with van der Waals surface area (Å²) >= 11 is 0. The summed E-state index contributed by atoms with van der Waals surface area (Å²) in [6.07, 6.45) is 4.64. The van der Waals surface area contributed by atoms with Gasteiger partial charge >= 0.3 is 0 Å². The third-order valence-electron chi connectivity index (χ3n) is 3.76. The largest absolute Gasteiger partial charge is 0.396 e. The Bertz CT molecular complexity index is 605. The number of hydrogen-bond donors (Lipinski definition) is 2. The molecule has 7 nitrogen and oxygen atoms in total. The summed E-state index contributed by atoms with van der Waals surface area (Å²) in [5.74, 6) is 0.715. The fourth-order valence-electron chi connectivity index (χ4n) is 2.74. The average molecular weight is 249 g/mol. The van der Waals surface area contributed by atoms with Gasteiger partial charge in [0.15, 0.2) is 11.2 Å². The van der Waals surface area contributed by atoms with Crippen LogP contribution in [0.2, 0.25) is 0 Å². The first kappa shape index (κ1) is 11.3. The second-order valence-corrected chi connectivity index (χ2v) is 4.81. The highest BCUT2D eigenvalue weighted by molar-refractivity contribution is 5.67. The Morgan fingerprint density at radius 2 is 2.28 bits per heavy atom. The van der Waals surface area contributed by atoms with Crippen molar-refractivity contribution in [3.05, 3.63) is 16.7 Å². The normalized spacial score (nSPS) is 23.8. The molecule has 0 radical (unpaired) electrons. The molecular formula is C11H15N5O2. The van der Waals surface area contributed by atoms with Gasteiger partial charge in [0.2, 0.25) is 0 Å². The van der Waals surface area contributed by atoms with E-state index in [1.165, 1.54) is 6.33 Å². The van der Waals surface area contributed by atoms with Crippen LogP contribution in [0.25, 0.3) is 11.2 Å². The van der Waals surface area contributed by atoms with Crippen LogP contribution in [0.5, 0.6) is 0 Å². The minimum absolute atomic E-state index is 0.214. The first-order valence-corrected chi connectivity index (χ1v) is 6.17. The summed E-state index contributed by atoms with van der Waals surface area (Å²) in [5, 5.41) is 17.2. The van der Waals surface area contributed by atoms with Crippen molar-refractivity contribution >= 4 is 11.2 Å². The molecule has 0 saturated heterocycles. The van der Waals surface area contributed by atoms with Gasteiger partial charge in [0, 0.05) is 13.2 Å². The highest BCUT2D eigenvalue weighted by Gasteiger charge is 2.27. The number of aliphatic hydroxyl groups is 1. The first-order valence-electron chi connectivity index (χ1n) is 6.17. The van der Waals surface area contributed by atoms with Crippen LogP contribution < -0.4 is 5.56 Å². The highest BCUT2D eigenvalue weighted by atomic mass is 16.3. The molecule has 0 spiro atoms. The smallest absolute Gasteiger partial charge is 0.280 e. The van der Waals surface area contributed by atoms with Gasteiger partial charge in [0.05, 0.1) is 6.33 Å². The SMILES string of the molecule is O=c1[nH]cnc2c1nnn2C[C@H]1CCC[C@H]1CO. The van der Waals surface area contributed by atoms with Crippen LogP contribution in [0, 0.1) is 11.8 Å². The number of nitrogens with zero attached hydrogens (tertiary/aromatic N) is 4. The van der Waals surface area contributed by atoms with Crippen molar-refractivity contribution in [2.75, 3.05) is 6.61 Å². The van der Waals surface area contributed by atoms with Gasteiger partial charge < -0.3 is 10.1 Å². The van der Waals surface area contributed by atoms with Gasteiger partial charge in [-0.25, -0.2) is 9.67 Å². The van der Waals surface area contributed by atoms with E-state index >= 15 is 0 Å². The second-order valence-electron chi connectivity index (χ2n) is 4.81. The zero-order valence-electron chi connectivity index (χ0n) is 9.91. The Morgan fingerprint density at radius 1 is 1.44 bits per heavy atom. The Labute approximate surface area is 103 Å². The lowest BCUT2D eigenvalue weighted by molar-refractivity contribution is 0.182. The molecule has 18 heavy (non-hydrogen) atoms. The number of aromatic amines is 1. The van der Waals surface area contributed by atoms with Crippen molar-refractivity contribution in [1.29, 1.82) is 0 Å². The van der Waals surface area contributed by atoms with Crippen molar-refractivity contribution in [1.82, 2.24) is 25.0 Å². The number of rotatable bonds is 3. The minimum Gasteiger partial charge on any atom is -0.396 e. The predicted molar refractivity (Wildman–Crippen MR) is 63.9 cm³/mol. The molecule has 0 bridgehead atoms. The lowest BCUT2D eigenvalue weighted by Gasteiger charge is -2.16. The Morgan fingerprint density at radius 3 is 3.11 bits per heavy atom. The van der Waals surface area contributed by atoms with Crippen molar-refractivity contribution in [3.63, 3.8) is 0 Å². The number of H-pyrrole nitrogens is 1. The summed E-state index contributed by atoms with van der Waals surface area (Å²) in [6, 6.07) is 0. The van der Waals surface area contributed by atoms with Gasteiger partial charge in [0.25, 0.3) is 5.56 Å². The van der Waals surface area contributed by atoms with E-state index in [0.717, 1.165) is 19.3 Å². The maximum atomic E-state index is 11.5. The van der Waals surface area contributed by atoms with Crippen LogP contribution in [0.3, 0.4) is 0 Å². The van der Waals surface area contributed by atoms with Crippen LogP contribution >= 0.6 is 0 Å². The maximum absolute atomic E-state index is 11.5. The Balaban J connectivity index is 1.91. The molecule has 2 N–H and O–H groups in total. The second kappa shape index (κ2) is 4.49. The molecule has 2 atom stereocenters. The van der Waals surface area contributed by atoms with Gasteiger partial charge in [-0.15, -0.1) is 5.10 Å². The van der Waals surface area contributed by atoms with Gasteiger partial charge in [-0.3, -0.25) is 4.79 Å². The predicted octanol–water partition coefficient (Wildman–Crippen LogP) is -0.0768. The van der Waals surface area contributed by atoms with Crippen molar-refractivity contribution in [3.8, 4) is 0 Å². The fourth-order valence-corrected chi connectivity index (χ4v) is 2.74. The zero-order chi connectivity index (χ0) is 12.5. The molecule has 3 rings (SSSR count). The highest BCUT2D eigenvalue weighted by Crippen LogP contribution is 2.32. The average Bonchev–Trinajstić information content (AvgIpc) is 2.98. The number of hydrogen-bond acceptors (Lipinski definition) is 5. The Kier molecular flexibility index (Phi) is 2.83. The molecule has 0 unspecified atom stereocenters. The summed E-state index contributed by atoms with van der Waals surface area (Å²) in [4.78, 5) is 18.1. The van der Waals surface area contributed by atoms with E-state index in [9.17, 15) is 9.90 Å². The molecule has 0 amide bonds. The van der Waals surface area contributed by atoms with Crippen LogP contribution in [0.4, 0.5) is 0 Å². The van der Waals surface area contributed by atoms with Gasteiger partial charge in [0.1, 0.15) is 0 Å². The van der Waals surface area contributed by atoms with Crippen molar-refractivity contribution < 1.29 is 5.11 Å². The number of nitrogens with one attached hydrogen (secondary N) is 1. The van der Waals surface area contributed by atoms with Crippen LogP contribution in [0.1, 0.15) is 19.3 Å². The van der Waals surface area contributed by atoms with E-state index in [4.69, 9.17) is 0 Å². The van der Waals surface area contributed by atoms with E-state index in [1.807, 2.05) is 0 Å². The van der Waals surface area contributed by atoms with E-state index in [2.05, 4.69) is 20.3 Å². The third kappa shape index (κ3) is 1.80. The summed E-state index contributed by atoms with van der Waals surface area (Å²) < 4.78 is 1.67. The molecule has 1 aliphatic rings. The van der Waals surface area contributed by atoms with Crippen molar-refractivity contribution in [2.45, 2.75) is 25.8 Å². The van der Waals surface area contributed by atoms with Crippen LogP contribution in [0.15, 0.2) is 11.1 Å². The molecule has 0 aromatic carbocycles. The van der Waals surface area contributed by atoms with E-state index in [-0.39, 0.29) is 17.7 Å². The summed E-state index contributed by atoms with van der Waals surface area (Å²) in [6.45, 7) is 0.878. The first-order chi connectivity index (χ1) is 8.79. The monoisotopic (exact) mass is 249 g/mol. The van der Waals surface area contributed by atoms with Gasteiger partial charge in [-0.05, 0) is 24.7 Å². The molecule has 7 heteroatoms. The van der Waals surface area contributed by atoms with E-state index in [1.54, 1.807) is 4.68 Å². The number of fused-ring (bicyclic) bond motifs is 1. The summed E-state index contributed by atoms with van der Waals surface area (Å²) in [5.41, 5.74) is 0.523. The quantitative estimate of drug-likeness (QED) is 0.793. The molecular weight excluding hydrogens is 234 g/mol. The van der Waals surface area contributed by atoms with Gasteiger partial charge in [-0.2, -0.15) is 0 Å². The fraction of sp³-hybridized carbons (Fsp3) is 0.636. The standard InChI is InChI=1S/C11H15N5O2/c17-5-8-3-1-2-7(8)4-16-10-9(14-15-16)11(18)13-6-12-10/h6-8,17H,1-5H2,(H,12,13,18)/t7-,8+/m1/s1. The lowest BCUT2D eigenvalue weighted by atomic mass is 9.97. The third-order valence-corrected chi connectivity index (χ3v) is 3.76. The molecule has 2 heterocycles. The summed E-state index contributed by atoms with van der Waals surface area (Å²) in [7, 11) is 0. The molecule has 2 aromatic heterocycles. The molecule has 2 aromatic rings. The van der Waals surface area contributed by atoms with Crippen molar-refractivity contribution in [2.24, 2.45) is 11.8 Å². The van der Waals surface area contributed by atoms with E-state index in [0.29, 0.717) is 24.0 Å². The minimum atomic E-state index is -0.267. The molecule has 1 aliphatic carbocycles. The molecule has 96 valence electrons. The van der Waals surface area contributed by atoms with E-state index < -0.39 is 0 Å². The number of aliphatic hydroxyl groups excluding tert-OH is 1. The zero-order valence-corrected chi connectivity index (χ0v) is 9.91. The van der Waals surface area contributed by atoms with Gasteiger partial charge in [-0.1, -0.05) is 11.6 Å².